The Balaban J connectivity index is 2.12. The van der Waals surface area contributed by atoms with E-state index in [1.807, 2.05) is 6.07 Å². The monoisotopic (exact) mass is 252 g/mol. The summed E-state index contributed by atoms with van der Waals surface area (Å²) in [6, 6.07) is 5.14. The molecule has 0 bridgehead atoms. The van der Waals surface area contributed by atoms with E-state index in [2.05, 4.69) is 9.55 Å². The zero-order valence-electron chi connectivity index (χ0n) is 9.50. The van der Waals surface area contributed by atoms with Gasteiger partial charge in [0.25, 0.3) is 0 Å². The van der Waals surface area contributed by atoms with E-state index < -0.39 is 0 Å². The molecule has 0 radical (unpaired) electrons. The van der Waals surface area contributed by atoms with Gasteiger partial charge in [0.2, 0.25) is 0 Å². The van der Waals surface area contributed by atoms with Gasteiger partial charge in [0.15, 0.2) is 5.82 Å². The molecule has 0 unspecified atom stereocenters. The van der Waals surface area contributed by atoms with Crippen molar-refractivity contribution >= 4 is 22.6 Å². The molecule has 0 aliphatic heterocycles. The van der Waals surface area contributed by atoms with Gasteiger partial charge < -0.3 is 4.57 Å². The highest BCUT2D eigenvalue weighted by Crippen LogP contribution is 2.32. The summed E-state index contributed by atoms with van der Waals surface area (Å²) in [6.45, 7) is 0.951. The smallest absolute Gasteiger partial charge is 0.151 e. The van der Waals surface area contributed by atoms with Gasteiger partial charge in [-0.2, -0.15) is 0 Å². The molecule has 0 atom stereocenters. The summed E-state index contributed by atoms with van der Waals surface area (Å²) >= 11 is 5.78. The van der Waals surface area contributed by atoms with Crippen LogP contribution in [0, 0.1) is 11.7 Å². The Labute approximate surface area is 104 Å². The summed E-state index contributed by atoms with van der Waals surface area (Å²) in [5.41, 5.74) is 1.38. The molecule has 90 valence electrons. The predicted octanol–water partition coefficient (Wildman–Crippen LogP) is 3.37. The Morgan fingerprint density at radius 1 is 1.41 bits per heavy atom. The average Bonchev–Trinajstić information content (AvgIpc) is 3.05. The first kappa shape index (κ1) is 11.0. The fourth-order valence-corrected chi connectivity index (χ4v) is 2.37. The molecular formula is C13H14ClFN2. The van der Waals surface area contributed by atoms with Gasteiger partial charge in [-0.15, -0.1) is 11.6 Å². The van der Waals surface area contributed by atoms with Crippen LogP contribution in [0.15, 0.2) is 18.2 Å². The van der Waals surface area contributed by atoms with Crippen LogP contribution in [0.1, 0.15) is 18.7 Å². The van der Waals surface area contributed by atoms with Gasteiger partial charge in [-0.05, 0) is 30.9 Å². The van der Waals surface area contributed by atoms with Crippen LogP contribution in [0.2, 0.25) is 0 Å². The van der Waals surface area contributed by atoms with Crippen molar-refractivity contribution in [3.8, 4) is 0 Å². The largest absolute Gasteiger partial charge is 0.328 e. The molecule has 1 aromatic carbocycles. The fourth-order valence-electron chi connectivity index (χ4n) is 2.20. The number of fused-ring (bicyclic) bond motifs is 1. The maximum absolute atomic E-state index is 13.7. The van der Waals surface area contributed by atoms with Crippen LogP contribution < -0.4 is 0 Å². The quantitative estimate of drug-likeness (QED) is 0.763. The number of aromatic nitrogens is 2. The molecule has 17 heavy (non-hydrogen) atoms. The number of hydrogen-bond acceptors (Lipinski definition) is 1. The standard InChI is InChI=1S/C13H14ClFN2/c14-7-6-12-16-13-10(15)2-1-3-11(13)17(12)8-9-4-5-9/h1-3,9H,4-8H2. The highest BCUT2D eigenvalue weighted by molar-refractivity contribution is 6.17. The first-order valence-corrected chi connectivity index (χ1v) is 6.52. The number of para-hydroxylation sites is 1. The molecule has 0 amide bonds. The van der Waals surface area contributed by atoms with Gasteiger partial charge in [-0.25, -0.2) is 9.37 Å². The number of hydrogen-bond donors (Lipinski definition) is 0. The first-order valence-electron chi connectivity index (χ1n) is 5.99. The molecule has 1 fully saturated rings. The fraction of sp³-hybridized carbons (Fsp3) is 0.462. The normalized spacial score (nSPS) is 15.6. The summed E-state index contributed by atoms with van der Waals surface area (Å²) < 4.78 is 15.8. The minimum atomic E-state index is -0.243. The molecule has 4 heteroatoms. The van der Waals surface area contributed by atoms with Gasteiger partial charge in [0.1, 0.15) is 11.3 Å². The summed E-state index contributed by atoms with van der Waals surface area (Å²) in [4.78, 5) is 4.39. The van der Waals surface area contributed by atoms with Crippen molar-refractivity contribution in [1.82, 2.24) is 9.55 Å². The molecule has 0 spiro atoms. The number of alkyl halides is 1. The third-order valence-electron chi connectivity index (χ3n) is 3.26. The summed E-state index contributed by atoms with van der Waals surface area (Å²) in [6.07, 6.45) is 3.24. The molecule has 1 saturated carbocycles. The topological polar surface area (TPSA) is 17.8 Å². The maximum Gasteiger partial charge on any atom is 0.151 e. The Morgan fingerprint density at radius 3 is 2.94 bits per heavy atom. The average molecular weight is 253 g/mol. The third-order valence-corrected chi connectivity index (χ3v) is 3.45. The van der Waals surface area contributed by atoms with Crippen molar-refractivity contribution in [3.05, 3.63) is 29.8 Å². The second-order valence-corrected chi connectivity index (χ2v) is 5.01. The van der Waals surface area contributed by atoms with E-state index >= 15 is 0 Å². The summed E-state index contributed by atoms with van der Waals surface area (Å²) in [7, 11) is 0. The summed E-state index contributed by atoms with van der Waals surface area (Å²) in [5.74, 6) is 1.93. The molecule has 1 aromatic heterocycles. The molecule has 3 rings (SSSR count). The minimum absolute atomic E-state index is 0.243. The zero-order valence-corrected chi connectivity index (χ0v) is 10.3. The number of halogens is 2. The lowest BCUT2D eigenvalue weighted by atomic mass is 10.3. The van der Waals surface area contributed by atoms with Crippen LogP contribution in [0.5, 0.6) is 0 Å². The van der Waals surface area contributed by atoms with Crippen LogP contribution in [0.25, 0.3) is 11.0 Å². The van der Waals surface area contributed by atoms with Crippen molar-refractivity contribution in [2.75, 3.05) is 5.88 Å². The van der Waals surface area contributed by atoms with Gasteiger partial charge >= 0.3 is 0 Å². The third kappa shape index (κ3) is 2.04. The van der Waals surface area contributed by atoms with E-state index in [-0.39, 0.29) is 5.82 Å². The lowest BCUT2D eigenvalue weighted by Crippen LogP contribution is -2.06. The number of imidazole rings is 1. The molecule has 1 aliphatic rings. The Bertz CT molecular complexity index is 546. The highest BCUT2D eigenvalue weighted by Gasteiger charge is 2.24. The van der Waals surface area contributed by atoms with Crippen LogP contribution in [-0.4, -0.2) is 15.4 Å². The molecule has 1 aliphatic carbocycles. The second-order valence-electron chi connectivity index (χ2n) is 4.63. The van der Waals surface area contributed by atoms with Crippen molar-refractivity contribution in [2.45, 2.75) is 25.8 Å². The van der Waals surface area contributed by atoms with Crippen LogP contribution in [-0.2, 0) is 13.0 Å². The van der Waals surface area contributed by atoms with E-state index in [0.717, 1.165) is 23.8 Å². The molecule has 0 N–H and O–H groups in total. The molecular weight excluding hydrogens is 239 g/mol. The molecule has 2 nitrogen and oxygen atoms in total. The number of aryl methyl sites for hydroxylation is 1. The van der Waals surface area contributed by atoms with E-state index in [1.165, 1.54) is 18.9 Å². The zero-order chi connectivity index (χ0) is 11.8. The van der Waals surface area contributed by atoms with Crippen LogP contribution in [0.3, 0.4) is 0 Å². The van der Waals surface area contributed by atoms with Gasteiger partial charge in [-0.1, -0.05) is 6.07 Å². The van der Waals surface area contributed by atoms with Gasteiger partial charge in [0, 0.05) is 18.8 Å². The Kier molecular flexibility index (Phi) is 2.79. The Morgan fingerprint density at radius 2 is 2.24 bits per heavy atom. The van der Waals surface area contributed by atoms with E-state index in [9.17, 15) is 4.39 Å². The second kappa shape index (κ2) is 4.30. The lowest BCUT2D eigenvalue weighted by Gasteiger charge is -2.06. The molecule has 0 saturated heterocycles. The highest BCUT2D eigenvalue weighted by atomic mass is 35.5. The van der Waals surface area contributed by atoms with E-state index in [4.69, 9.17) is 11.6 Å². The Hall–Kier alpha value is -1.09. The SMILES string of the molecule is Fc1cccc2c1nc(CCCl)n2CC1CC1. The van der Waals surface area contributed by atoms with E-state index in [1.54, 1.807) is 6.07 Å². The number of rotatable bonds is 4. The number of nitrogens with zero attached hydrogens (tertiary/aromatic N) is 2. The molecule has 2 aromatic rings. The van der Waals surface area contributed by atoms with Crippen molar-refractivity contribution in [3.63, 3.8) is 0 Å². The first-order chi connectivity index (χ1) is 8.29. The molecule has 1 heterocycles. The predicted molar refractivity (Wildman–Crippen MR) is 66.8 cm³/mol. The van der Waals surface area contributed by atoms with E-state index in [0.29, 0.717) is 17.8 Å². The van der Waals surface area contributed by atoms with Gasteiger partial charge in [-0.3, -0.25) is 0 Å². The van der Waals surface area contributed by atoms with Crippen molar-refractivity contribution in [2.24, 2.45) is 5.92 Å². The lowest BCUT2D eigenvalue weighted by molar-refractivity contribution is 0.615. The maximum atomic E-state index is 13.7. The van der Waals surface area contributed by atoms with Crippen molar-refractivity contribution < 1.29 is 4.39 Å². The minimum Gasteiger partial charge on any atom is -0.328 e. The van der Waals surface area contributed by atoms with Crippen LogP contribution >= 0.6 is 11.6 Å². The van der Waals surface area contributed by atoms with Crippen molar-refractivity contribution in [1.29, 1.82) is 0 Å². The summed E-state index contributed by atoms with van der Waals surface area (Å²) in [5, 5.41) is 0. The number of benzene rings is 1. The van der Waals surface area contributed by atoms with Crippen LogP contribution in [0.4, 0.5) is 4.39 Å². The van der Waals surface area contributed by atoms with Gasteiger partial charge in [0.05, 0.1) is 5.52 Å².